The summed E-state index contributed by atoms with van der Waals surface area (Å²) in [6.45, 7) is 6.63. The first kappa shape index (κ1) is 15.3. The van der Waals surface area contributed by atoms with E-state index in [0.717, 1.165) is 22.6 Å². The van der Waals surface area contributed by atoms with Gasteiger partial charge in [-0.3, -0.25) is 4.98 Å². The van der Waals surface area contributed by atoms with E-state index in [0.29, 0.717) is 0 Å². The number of hydrogen-bond donors (Lipinski definition) is 0. The average molecular weight is 303 g/mol. The summed E-state index contributed by atoms with van der Waals surface area (Å²) in [5.74, 6) is 1.70. The van der Waals surface area contributed by atoms with Crippen LogP contribution in [0.4, 0.5) is 0 Å². The van der Waals surface area contributed by atoms with Crippen molar-refractivity contribution in [3.8, 4) is 22.6 Å². The highest BCUT2D eigenvalue weighted by molar-refractivity contribution is 5.63. The van der Waals surface area contributed by atoms with Gasteiger partial charge in [-0.25, -0.2) is 0 Å². The number of hydrogen-bond acceptors (Lipinski definition) is 2. The van der Waals surface area contributed by atoms with Gasteiger partial charge in [-0.15, -0.1) is 0 Å². The van der Waals surface area contributed by atoms with Crippen molar-refractivity contribution < 1.29 is 4.74 Å². The standard InChI is InChI=1S/C21H21NO/c1-21(2,3)18-6-10-20(11-7-18)23-19-8-4-16(5-9-19)17-12-14-22-15-13-17/h4-15H,1-3H3. The second kappa shape index (κ2) is 6.25. The lowest BCUT2D eigenvalue weighted by Gasteiger charge is -2.19. The second-order valence-corrected chi connectivity index (χ2v) is 6.64. The van der Waals surface area contributed by atoms with E-state index in [-0.39, 0.29) is 5.41 Å². The topological polar surface area (TPSA) is 22.1 Å². The lowest BCUT2D eigenvalue weighted by Crippen LogP contribution is -2.10. The highest BCUT2D eigenvalue weighted by Gasteiger charge is 2.13. The first-order valence-electron chi connectivity index (χ1n) is 7.81. The van der Waals surface area contributed by atoms with Gasteiger partial charge in [0.15, 0.2) is 0 Å². The number of pyridine rings is 1. The Bertz CT molecular complexity index is 754. The normalized spacial score (nSPS) is 11.3. The van der Waals surface area contributed by atoms with Crippen molar-refractivity contribution in [3.05, 3.63) is 78.6 Å². The molecule has 1 heterocycles. The van der Waals surface area contributed by atoms with Crippen LogP contribution < -0.4 is 4.74 Å². The molecule has 2 heteroatoms. The molecular weight excluding hydrogens is 282 g/mol. The molecule has 23 heavy (non-hydrogen) atoms. The summed E-state index contributed by atoms with van der Waals surface area (Å²) in [6.07, 6.45) is 3.60. The smallest absolute Gasteiger partial charge is 0.127 e. The van der Waals surface area contributed by atoms with Crippen LogP contribution in [-0.4, -0.2) is 4.98 Å². The minimum absolute atomic E-state index is 0.157. The molecule has 116 valence electrons. The van der Waals surface area contributed by atoms with Crippen molar-refractivity contribution in [1.82, 2.24) is 4.98 Å². The van der Waals surface area contributed by atoms with E-state index in [1.807, 2.05) is 36.4 Å². The summed E-state index contributed by atoms with van der Waals surface area (Å²) >= 11 is 0. The monoisotopic (exact) mass is 303 g/mol. The van der Waals surface area contributed by atoms with Crippen molar-refractivity contribution in [1.29, 1.82) is 0 Å². The number of ether oxygens (including phenoxy) is 1. The predicted octanol–water partition coefficient (Wildman–Crippen LogP) is 5.84. The fourth-order valence-corrected chi connectivity index (χ4v) is 2.42. The maximum atomic E-state index is 5.92. The first-order valence-corrected chi connectivity index (χ1v) is 7.81. The quantitative estimate of drug-likeness (QED) is 0.606. The van der Waals surface area contributed by atoms with Crippen LogP contribution in [0.2, 0.25) is 0 Å². The summed E-state index contributed by atoms with van der Waals surface area (Å²) in [6, 6.07) is 20.4. The van der Waals surface area contributed by atoms with Gasteiger partial charge in [-0.05, 0) is 58.5 Å². The summed E-state index contributed by atoms with van der Waals surface area (Å²) < 4.78 is 5.92. The van der Waals surface area contributed by atoms with Gasteiger partial charge in [-0.1, -0.05) is 45.0 Å². The van der Waals surface area contributed by atoms with Crippen LogP contribution >= 0.6 is 0 Å². The third kappa shape index (κ3) is 3.78. The maximum absolute atomic E-state index is 5.92. The molecule has 2 aromatic carbocycles. The zero-order valence-electron chi connectivity index (χ0n) is 13.8. The second-order valence-electron chi connectivity index (χ2n) is 6.64. The Hall–Kier alpha value is -2.61. The largest absolute Gasteiger partial charge is 0.457 e. The molecule has 0 aliphatic carbocycles. The molecule has 0 bridgehead atoms. The highest BCUT2D eigenvalue weighted by atomic mass is 16.5. The third-order valence-corrected chi connectivity index (χ3v) is 3.82. The molecule has 0 atom stereocenters. The van der Waals surface area contributed by atoms with Gasteiger partial charge in [0.25, 0.3) is 0 Å². The van der Waals surface area contributed by atoms with Crippen molar-refractivity contribution in [2.45, 2.75) is 26.2 Å². The highest BCUT2D eigenvalue weighted by Crippen LogP contribution is 2.28. The molecule has 0 aliphatic heterocycles. The average Bonchev–Trinajstić information content (AvgIpc) is 2.56. The molecule has 0 saturated heterocycles. The molecule has 0 unspecified atom stereocenters. The molecule has 1 aromatic heterocycles. The Balaban J connectivity index is 1.74. The molecule has 0 amide bonds. The van der Waals surface area contributed by atoms with Crippen molar-refractivity contribution >= 4 is 0 Å². The lowest BCUT2D eigenvalue weighted by molar-refractivity contribution is 0.481. The molecule has 3 rings (SSSR count). The van der Waals surface area contributed by atoms with Crippen LogP contribution in [0.15, 0.2) is 73.1 Å². The Morgan fingerprint density at radius 2 is 1.13 bits per heavy atom. The fourth-order valence-electron chi connectivity index (χ4n) is 2.42. The molecular formula is C21H21NO. The Morgan fingerprint density at radius 1 is 0.652 bits per heavy atom. The molecule has 0 spiro atoms. The van der Waals surface area contributed by atoms with E-state index in [1.165, 1.54) is 5.56 Å². The lowest BCUT2D eigenvalue weighted by atomic mass is 9.87. The van der Waals surface area contributed by atoms with Gasteiger partial charge in [0, 0.05) is 12.4 Å². The molecule has 0 aliphatic rings. The van der Waals surface area contributed by atoms with E-state index < -0.39 is 0 Å². The van der Waals surface area contributed by atoms with Gasteiger partial charge in [-0.2, -0.15) is 0 Å². The zero-order chi connectivity index (χ0) is 16.3. The molecule has 0 radical (unpaired) electrons. The molecule has 0 N–H and O–H groups in total. The van der Waals surface area contributed by atoms with Gasteiger partial charge >= 0.3 is 0 Å². The van der Waals surface area contributed by atoms with Crippen molar-refractivity contribution in [2.75, 3.05) is 0 Å². The van der Waals surface area contributed by atoms with Crippen LogP contribution in [0.1, 0.15) is 26.3 Å². The predicted molar refractivity (Wildman–Crippen MR) is 94.9 cm³/mol. The van der Waals surface area contributed by atoms with Crippen LogP contribution in [-0.2, 0) is 5.41 Å². The molecule has 0 saturated carbocycles. The Labute approximate surface area is 137 Å². The Kier molecular flexibility index (Phi) is 4.16. The molecule has 0 fully saturated rings. The van der Waals surface area contributed by atoms with E-state index in [9.17, 15) is 0 Å². The third-order valence-electron chi connectivity index (χ3n) is 3.82. The fraction of sp³-hybridized carbons (Fsp3) is 0.190. The molecule has 2 nitrogen and oxygen atoms in total. The summed E-state index contributed by atoms with van der Waals surface area (Å²) in [7, 11) is 0. The van der Waals surface area contributed by atoms with E-state index >= 15 is 0 Å². The van der Waals surface area contributed by atoms with E-state index in [4.69, 9.17) is 4.74 Å². The van der Waals surface area contributed by atoms with Gasteiger partial charge in [0.2, 0.25) is 0 Å². The van der Waals surface area contributed by atoms with Crippen LogP contribution in [0.5, 0.6) is 11.5 Å². The van der Waals surface area contributed by atoms with Crippen molar-refractivity contribution in [3.63, 3.8) is 0 Å². The van der Waals surface area contributed by atoms with E-state index in [1.54, 1.807) is 12.4 Å². The van der Waals surface area contributed by atoms with Gasteiger partial charge in [0.1, 0.15) is 11.5 Å². The van der Waals surface area contributed by atoms with Crippen LogP contribution in [0.25, 0.3) is 11.1 Å². The van der Waals surface area contributed by atoms with Crippen LogP contribution in [0.3, 0.4) is 0 Å². The minimum Gasteiger partial charge on any atom is -0.457 e. The minimum atomic E-state index is 0.157. The number of nitrogens with zero attached hydrogens (tertiary/aromatic N) is 1. The van der Waals surface area contributed by atoms with Crippen molar-refractivity contribution in [2.24, 2.45) is 0 Å². The van der Waals surface area contributed by atoms with Gasteiger partial charge < -0.3 is 4.74 Å². The maximum Gasteiger partial charge on any atom is 0.127 e. The zero-order valence-corrected chi connectivity index (χ0v) is 13.8. The summed E-state index contributed by atoms with van der Waals surface area (Å²) in [5, 5.41) is 0. The SMILES string of the molecule is CC(C)(C)c1ccc(Oc2ccc(-c3ccncc3)cc2)cc1. The number of rotatable bonds is 3. The van der Waals surface area contributed by atoms with Gasteiger partial charge in [0.05, 0.1) is 0 Å². The molecule has 3 aromatic rings. The number of aromatic nitrogens is 1. The first-order chi connectivity index (χ1) is 11.0. The Morgan fingerprint density at radius 3 is 1.65 bits per heavy atom. The number of benzene rings is 2. The van der Waals surface area contributed by atoms with E-state index in [2.05, 4.69) is 50.0 Å². The summed E-state index contributed by atoms with van der Waals surface area (Å²) in [4.78, 5) is 4.04. The summed E-state index contributed by atoms with van der Waals surface area (Å²) in [5.41, 5.74) is 3.77. The van der Waals surface area contributed by atoms with Crippen LogP contribution in [0, 0.1) is 0 Å².